The molecule has 0 saturated carbocycles. The second-order valence-electron chi connectivity index (χ2n) is 14.1. The minimum atomic E-state index is -0.707. The molecule has 0 unspecified atom stereocenters. The molecule has 0 aliphatic rings. The first-order valence-corrected chi connectivity index (χ1v) is 19.1. The number of carbonyl (C=O) groups excluding carboxylic acids is 2. The predicted octanol–water partition coefficient (Wildman–Crippen LogP) is 11.8. The normalized spacial score (nSPS) is 10.7. The van der Waals surface area contributed by atoms with Crippen molar-refractivity contribution < 1.29 is 46.8 Å². The molecule has 0 heterocycles. The summed E-state index contributed by atoms with van der Waals surface area (Å²) in [5.41, 5.74) is 6.20. The Hall–Kier alpha value is -6.78. The van der Waals surface area contributed by atoms with Gasteiger partial charge in [-0.3, -0.25) is 0 Å². The molecule has 0 aliphatic carbocycles. The number of phenolic OH excluding ortho intramolecular Hbond substituents is 1. The van der Waals surface area contributed by atoms with Crippen LogP contribution in [0.4, 0.5) is 17.6 Å². The van der Waals surface area contributed by atoms with E-state index in [1.807, 2.05) is 48.5 Å². The molecule has 6 aromatic carbocycles. The van der Waals surface area contributed by atoms with E-state index in [2.05, 4.69) is 13.2 Å². The molecule has 0 radical (unpaired) electrons. The lowest BCUT2D eigenvalue weighted by molar-refractivity contribution is -0.139. The summed E-state index contributed by atoms with van der Waals surface area (Å²) >= 11 is 0. The number of ether oxygens (including phenoxy) is 2. The molecule has 6 nitrogen and oxygen atoms in total. The van der Waals surface area contributed by atoms with Crippen LogP contribution in [-0.2, 0) is 27.2 Å². The molecule has 0 amide bonds. The summed E-state index contributed by atoms with van der Waals surface area (Å²) in [6.07, 6.45) is 2.91. The van der Waals surface area contributed by atoms with Gasteiger partial charge >= 0.3 is 11.9 Å². The van der Waals surface area contributed by atoms with Crippen molar-refractivity contribution in [1.29, 1.82) is 0 Å². The number of aliphatic hydroxyl groups is 1. The fraction of sp³-hybridized carbons (Fsp3) is 0.160. The average Bonchev–Trinajstić information content (AvgIpc) is 3.22. The molecule has 0 aliphatic heterocycles. The van der Waals surface area contributed by atoms with E-state index in [1.165, 1.54) is 49.4 Å². The Labute approximate surface area is 346 Å². The first-order valence-electron chi connectivity index (χ1n) is 19.1. The van der Waals surface area contributed by atoms with E-state index < -0.39 is 35.2 Å². The Morgan fingerprint density at radius 3 is 1.38 bits per heavy atom. The molecule has 0 saturated heterocycles. The lowest BCUT2D eigenvalue weighted by Crippen LogP contribution is -2.08. The van der Waals surface area contributed by atoms with E-state index in [9.17, 15) is 32.3 Å². The van der Waals surface area contributed by atoms with Gasteiger partial charge in [0.25, 0.3) is 0 Å². The van der Waals surface area contributed by atoms with Crippen LogP contribution < -0.4 is 4.74 Å². The number of phenols is 1. The Bertz CT molecular complexity index is 2490. The Morgan fingerprint density at radius 2 is 0.950 bits per heavy atom. The van der Waals surface area contributed by atoms with E-state index in [4.69, 9.17) is 14.6 Å². The number of halogens is 4. The van der Waals surface area contributed by atoms with Gasteiger partial charge in [-0.15, -0.1) is 0 Å². The Balaban J connectivity index is 0.000000240. The lowest BCUT2D eigenvalue weighted by Gasteiger charge is -2.10. The molecule has 0 spiro atoms. The van der Waals surface area contributed by atoms with Crippen LogP contribution in [0.1, 0.15) is 37.8 Å². The third-order valence-electron chi connectivity index (χ3n) is 9.36. The quantitative estimate of drug-likeness (QED) is 0.0374. The predicted molar refractivity (Wildman–Crippen MR) is 226 cm³/mol. The zero-order valence-electron chi connectivity index (χ0n) is 33.2. The van der Waals surface area contributed by atoms with Crippen molar-refractivity contribution in [2.24, 2.45) is 0 Å². The van der Waals surface area contributed by atoms with Gasteiger partial charge in [-0.05, 0) is 109 Å². The van der Waals surface area contributed by atoms with Gasteiger partial charge < -0.3 is 19.7 Å². The molecule has 308 valence electrons. The van der Waals surface area contributed by atoms with Gasteiger partial charge in [0.1, 0.15) is 34.8 Å². The fourth-order valence-electron chi connectivity index (χ4n) is 6.10. The molecule has 10 heteroatoms. The zero-order valence-corrected chi connectivity index (χ0v) is 33.2. The van der Waals surface area contributed by atoms with Crippen molar-refractivity contribution in [2.75, 3.05) is 13.2 Å². The van der Waals surface area contributed by atoms with Crippen molar-refractivity contribution in [2.45, 2.75) is 39.5 Å². The molecule has 60 heavy (non-hydrogen) atoms. The highest BCUT2D eigenvalue weighted by Gasteiger charge is 2.15. The van der Waals surface area contributed by atoms with Gasteiger partial charge in [-0.2, -0.15) is 0 Å². The molecule has 0 aromatic heterocycles. The van der Waals surface area contributed by atoms with Crippen molar-refractivity contribution in [1.82, 2.24) is 0 Å². The summed E-state index contributed by atoms with van der Waals surface area (Å²) in [7, 11) is 0. The monoisotopic (exact) mass is 816 g/mol. The number of aliphatic hydroxyl groups excluding tert-OH is 1. The van der Waals surface area contributed by atoms with Gasteiger partial charge in [-0.25, -0.2) is 27.2 Å². The Morgan fingerprint density at radius 1 is 0.533 bits per heavy atom. The summed E-state index contributed by atoms with van der Waals surface area (Å²) in [5.74, 6) is -3.70. The topological polar surface area (TPSA) is 93.1 Å². The third-order valence-corrected chi connectivity index (χ3v) is 9.36. The number of benzene rings is 6. The number of carbonyl (C=O) groups is 2. The molecule has 0 bridgehead atoms. The number of aromatic hydroxyl groups is 1. The van der Waals surface area contributed by atoms with Gasteiger partial charge in [0.15, 0.2) is 0 Å². The standard InChI is InChI=1S/C29H26F2O4.C21H18F2O2/c1-18(2)28(32)34-15-5-6-20-7-9-21(10-8-20)22-11-13-24(26(30)16-22)25-14-12-23(17-27(25)31)35-29(33)19(3)4;22-20-12-16(15-5-3-14(4-6-15)2-1-11-24)7-9-18(20)19-10-8-17(25)13-21(19)23/h7-14,16-17H,1,3,5-6,15H2,2,4H3;3-10,12-13,24-25H,1-2,11H2. The van der Waals surface area contributed by atoms with Crippen LogP contribution in [0.2, 0.25) is 0 Å². The minimum absolute atomic E-state index is 0.0188. The van der Waals surface area contributed by atoms with Crippen LogP contribution in [0.25, 0.3) is 44.5 Å². The summed E-state index contributed by atoms with van der Waals surface area (Å²) < 4.78 is 68.1. The summed E-state index contributed by atoms with van der Waals surface area (Å²) in [6.45, 7) is 10.6. The molecule has 6 rings (SSSR count). The average molecular weight is 817 g/mol. The van der Waals surface area contributed by atoms with Crippen LogP contribution in [0.15, 0.2) is 146 Å². The maximum atomic E-state index is 14.9. The number of hydrogen-bond donors (Lipinski definition) is 2. The minimum Gasteiger partial charge on any atom is -0.508 e. The number of rotatable bonds is 14. The molecule has 0 atom stereocenters. The van der Waals surface area contributed by atoms with E-state index in [1.54, 1.807) is 25.1 Å². The van der Waals surface area contributed by atoms with Crippen molar-refractivity contribution in [3.05, 3.63) is 180 Å². The molecule has 2 N–H and O–H groups in total. The summed E-state index contributed by atoms with van der Waals surface area (Å²) in [5, 5.41) is 18.1. The third kappa shape index (κ3) is 11.9. The highest BCUT2D eigenvalue weighted by Crippen LogP contribution is 2.33. The highest BCUT2D eigenvalue weighted by molar-refractivity contribution is 5.89. The Kier molecular flexibility index (Phi) is 15.3. The molecular weight excluding hydrogens is 773 g/mol. The summed E-state index contributed by atoms with van der Waals surface area (Å²) in [6, 6.07) is 32.1. The van der Waals surface area contributed by atoms with Gasteiger partial charge in [0.05, 0.1) is 6.61 Å². The van der Waals surface area contributed by atoms with Crippen LogP contribution >= 0.6 is 0 Å². The van der Waals surface area contributed by atoms with Crippen LogP contribution in [0.5, 0.6) is 11.5 Å². The number of esters is 2. The second-order valence-corrected chi connectivity index (χ2v) is 14.1. The SMILES string of the molecule is C=C(C)C(=O)OCCCc1ccc(-c2ccc(-c3ccc(OC(=O)C(=C)C)cc3F)c(F)c2)cc1.OCCCc1ccc(-c2ccc(-c3ccc(O)cc3F)c(F)c2)cc1. The van der Waals surface area contributed by atoms with Gasteiger partial charge in [-0.1, -0.05) is 86.0 Å². The van der Waals surface area contributed by atoms with E-state index in [0.29, 0.717) is 36.1 Å². The maximum absolute atomic E-state index is 14.9. The van der Waals surface area contributed by atoms with Crippen LogP contribution in [0.3, 0.4) is 0 Å². The summed E-state index contributed by atoms with van der Waals surface area (Å²) in [4.78, 5) is 23.0. The van der Waals surface area contributed by atoms with Crippen LogP contribution in [-0.4, -0.2) is 35.4 Å². The molecule has 0 fully saturated rings. The van der Waals surface area contributed by atoms with Gasteiger partial charge in [0, 0.05) is 52.1 Å². The number of hydrogen-bond acceptors (Lipinski definition) is 6. The second kappa shape index (κ2) is 20.8. The number of aryl methyl sites for hydroxylation is 2. The van der Waals surface area contributed by atoms with Crippen molar-refractivity contribution in [3.8, 4) is 56.0 Å². The van der Waals surface area contributed by atoms with Crippen molar-refractivity contribution in [3.63, 3.8) is 0 Å². The smallest absolute Gasteiger partial charge is 0.338 e. The fourth-order valence-corrected chi connectivity index (χ4v) is 6.10. The first kappa shape index (κ1) is 44.3. The largest absolute Gasteiger partial charge is 0.508 e. The highest BCUT2D eigenvalue weighted by atomic mass is 19.1. The zero-order chi connectivity index (χ0) is 43.3. The van der Waals surface area contributed by atoms with Crippen molar-refractivity contribution >= 4 is 11.9 Å². The van der Waals surface area contributed by atoms with E-state index >= 15 is 0 Å². The maximum Gasteiger partial charge on any atom is 0.338 e. The first-order chi connectivity index (χ1) is 28.7. The van der Waals surface area contributed by atoms with E-state index in [0.717, 1.165) is 47.2 Å². The van der Waals surface area contributed by atoms with E-state index in [-0.39, 0.29) is 45.9 Å². The lowest BCUT2D eigenvalue weighted by atomic mass is 9.98. The molecule has 6 aromatic rings. The van der Waals surface area contributed by atoms with Gasteiger partial charge in [0.2, 0.25) is 0 Å². The molecular formula is C50H44F4O6. The van der Waals surface area contributed by atoms with Crippen LogP contribution in [0, 0.1) is 23.3 Å².